The van der Waals surface area contributed by atoms with Crippen molar-refractivity contribution in [3.8, 4) is 0 Å². The normalized spacial score (nSPS) is 18.8. The summed E-state index contributed by atoms with van der Waals surface area (Å²) in [5, 5.41) is 5.56. The highest BCUT2D eigenvalue weighted by Gasteiger charge is 2.18. The number of nitrogens with zero attached hydrogens (tertiary/aromatic N) is 3. The van der Waals surface area contributed by atoms with Crippen LogP contribution in [0, 0.1) is 0 Å². The third-order valence-electron chi connectivity index (χ3n) is 4.33. The summed E-state index contributed by atoms with van der Waals surface area (Å²) in [4.78, 5) is 4.53. The zero-order valence-corrected chi connectivity index (χ0v) is 13.4. The summed E-state index contributed by atoms with van der Waals surface area (Å²) in [7, 11) is 0. The summed E-state index contributed by atoms with van der Waals surface area (Å²) in [6.45, 7) is 0.808. The Morgan fingerprint density at radius 3 is 2.83 bits per heavy atom. The first-order valence-corrected chi connectivity index (χ1v) is 8.30. The van der Waals surface area contributed by atoms with Gasteiger partial charge in [-0.3, -0.25) is 0 Å². The van der Waals surface area contributed by atoms with E-state index in [-0.39, 0.29) is 6.23 Å². The number of benzene rings is 2. The number of amidine groups is 1. The molecule has 5 nitrogen and oxygen atoms in total. The van der Waals surface area contributed by atoms with Crippen LogP contribution in [0.15, 0.2) is 59.7 Å². The van der Waals surface area contributed by atoms with Gasteiger partial charge in [0.2, 0.25) is 0 Å². The number of nitrogens with two attached hydrogens (primary N) is 1. The summed E-state index contributed by atoms with van der Waals surface area (Å²) < 4.78 is 7.81. The van der Waals surface area contributed by atoms with Crippen LogP contribution in [0.25, 0.3) is 10.9 Å². The molecule has 3 aromatic rings. The van der Waals surface area contributed by atoms with Gasteiger partial charge in [-0.1, -0.05) is 30.3 Å². The first kappa shape index (κ1) is 14.9. The lowest BCUT2D eigenvalue weighted by atomic mass is 10.2. The van der Waals surface area contributed by atoms with Gasteiger partial charge in [0.05, 0.1) is 17.4 Å². The predicted molar refractivity (Wildman–Crippen MR) is 95.4 cm³/mol. The third kappa shape index (κ3) is 2.90. The Hall–Kier alpha value is -2.66. The van der Waals surface area contributed by atoms with Crippen molar-refractivity contribution < 1.29 is 4.74 Å². The maximum Gasteiger partial charge on any atom is 0.150 e. The molecule has 122 valence electrons. The summed E-state index contributed by atoms with van der Waals surface area (Å²) >= 11 is 0. The van der Waals surface area contributed by atoms with E-state index < -0.39 is 0 Å². The Morgan fingerprint density at radius 2 is 2.04 bits per heavy atom. The number of rotatable bonds is 3. The molecule has 1 aliphatic heterocycles. The molecule has 5 heteroatoms. The van der Waals surface area contributed by atoms with Crippen LogP contribution in [0.4, 0.5) is 5.69 Å². The molecule has 0 radical (unpaired) electrons. The van der Waals surface area contributed by atoms with Gasteiger partial charge in [-0.15, -0.1) is 0 Å². The van der Waals surface area contributed by atoms with E-state index in [1.807, 2.05) is 59.4 Å². The summed E-state index contributed by atoms with van der Waals surface area (Å²) in [6.07, 6.45) is 5.23. The maximum absolute atomic E-state index is 6.10. The van der Waals surface area contributed by atoms with E-state index in [1.54, 1.807) is 0 Å². The Balaban J connectivity index is 1.65. The lowest BCUT2D eigenvalue weighted by Crippen LogP contribution is -2.18. The minimum Gasteiger partial charge on any atom is -0.383 e. The van der Waals surface area contributed by atoms with Crippen LogP contribution >= 0.6 is 0 Å². The fraction of sp³-hybridized carbons (Fsp3) is 0.263. The van der Waals surface area contributed by atoms with Gasteiger partial charge in [0.15, 0.2) is 6.23 Å². The first-order valence-electron chi connectivity index (χ1n) is 8.30. The maximum atomic E-state index is 6.10. The van der Waals surface area contributed by atoms with Crippen LogP contribution in [-0.4, -0.2) is 22.2 Å². The molecule has 0 bridgehead atoms. The van der Waals surface area contributed by atoms with Gasteiger partial charge in [0.1, 0.15) is 5.84 Å². The second kappa shape index (κ2) is 6.45. The highest BCUT2D eigenvalue weighted by molar-refractivity contribution is 5.99. The minimum atomic E-state index is 0.0417. The second-order valence-corrected chi connectivity index (χ2v) is 6.02. The molecule has 0 spiro atoms. The zero-order chi connectivity index (χ0) is 16.4. The number of ether oxygens (including phenoxy) is 1. The van der Waals surface area contributed by atoms with Crippen LogP contribution < -0.4 is 5.73 Å². The van der Waals surface area contributed by atoms with Gasteiger partial charge in [-0.2, -0.15) is 5.10 Å². The van der Waals surface area contributed by atoms with Crippen molar-refractivity contribution >= 4 is 22.4 Å². The van der Waals surface area contributed by atoms with Crippen molar-refractivity contribution in [1.29, 1.82) is 0 Å². The van der Waals surface area contributed by atoms with E-state index in [0.29, 0.717) is 5.84 Å². The molecule has 1 atom stereocenters. The molecule has 1 aromatic heterocycles. The van der Waals surface area contributed by atoms with Crippen molar-refractivity contribution in [2.24, 2.45) is 10.7 Å². The highest BCUT2D eigenvalue weighted by atomic mass is 16.5. The monoisotopic (exact) mass is 320 g/mol. The van der Waals surface area contributed by atoms with Crippen molar-refractivity contribution in [3.63, 3.8) is 0 Å². The Bertz CT molecular complexity index is 863. The Morgan fingerprint density at radius 1 is 1.17 bits per heavy atom. The molecule has 2 N–H and O–H groups in total. The van der Waals surface area contributed by atoms with Gasteiger partial charge in [-0.25, -0.2) is 9.67 Å². The van der Waals surface area contributed by atoms with Crippen molar-refractivity contribution in [1.82, 2.24) is 9.78 Å². The molecule has 1 fully saturated rings. The quantitative estimate of drug-likeness (QED) is 0.590. The molecule has 24 heavy (non-hydrogen) atoms. The van der Waals surface area contributed by atoms with Crippen LogP contribution in [-0.2, 0) is 4.74 Å². The lowest BCUT2D eigenvalue weighted by molar-refractivity contribution is -0.0366. The standard InChI is InChI=1S/C19H20N4O/c20-19(14-6-2-1-3-7-14)22-16-9-10-17-15(12-16)13-21-23(17)18-8-4-5-11-24-18/h1-3,6-7,9-10,12-13,18H,4-5,8,11H2,(H2,20,22). The zero-order valence-electron chi connectivity index (χ0n) is 13.4. The van der Waals surface area contributed by atoms with Gasteiger partial charge < -0.3 is 10.5 Å². The van der Waals surface area contributed by atoms with Crippen LogP contribution in [0.1, 0.15) is 31.1 Å². The summed E-state index contributed by atoms with van der Waals surface area (Å²) in [5.41, 5.74) is 8.92. The predicted octanol–water partition coefficient (Wildman–Crippen LogP) is 3.77. The molecule has 1 unspecified atom stereocenters. The molecule has 0 saturated carbocycles. The molecule has 2 heterocycles. The van der Waals surface area contributed by atoms with E-state index in [9.17, 15) is 0 Å². The Labute approximate surface area is 140 Å². The molecule has 1 aliphatic rings. The topological polar surface area (TPSA) is 65.4 Å². The fourth-order valence-electron chi connectivity index (χ4n) is 3.07. The lowest BCUT2D eigenvalue weighted by Gasteiger charge is -2.23. The molecule has 2 aromatic carbocycles. The average Bonchev–Trinajstić information content (AvgIpc) is 3.06. The van der Waals surface area contributed by atoms with Crippen LogP contribution in [0.2, 0.25) is 0 Å². The van der Waals surface area contributed by atoms with E-state index >= 15 is 0 Å². The summed E-state index contributed by atoms with van der Waals surface area (Å²) in [6, 6.07) is 15.8. The molecule has 1 saturated heterocycles. The van der Waals surface area contributed by atoms with E-state index in [2.05, 4.69) is 10.1 Å². The Kier molecular flexibility index (Phi) is 4.01. The van der Waals surface area contributed by atoms with Crippen molar-refractivity contribution in [2.75, 3.05) is 6.61 Å². The van der Waals surface area contributed by atoms with Gasteiger partial charge in [-0.05, 0) is 37.5 Å². The average molecular weight is 320 g/mol. The number of hydrogen-bond donors (Lipinski definition) is 1. The molecular weight excluding hydrogens is 300 g/mol. The van der Waals surface area contributed by atoms with Crippen molar-refractivity contribution in [2.45, 2.75) is 25.5 Å². The van der Waals surface area contributed by atoms with E-state index in [1.165, 1.54) is 6.42 Å². The second-order valence-electron chi connectivity index (χ2n) is 6.02. The fourth-order valence-corrected chi connectivity index (χ4v) is 3.07. The van der Waals surface area contributed by atoms with Crippen LogP contribution in [0.5, 0.6) is 0 Å². The van der Waals surface area contributed by atoms with Gasteiger partial charge in [0.25, 0.3) is 0 Å². The highest BCUT2D eigenvalue weighted by Crippen LogP contribution is 2.28. The minimum absolute atomic E-state index is 0.0417. The number of hydrogen-bond acceptors (Lipinski definition) is 3. The van der Waals surface area contributed by atoms with Gasteiger partial charge >= 0.3 is 0 Å². The number of aromatic nitrogens is 2. The summed E-state index contributed by atoms with van der Waals surface area (Å²) in [5.74, 6) is 0.512. The third-order valence-corrected chi connectivity index (χ3v) is 4.33. The molecule has 4 rings (SSSR count). The van der Waals surface area contributed by atoms with E-state index in [4.69, 9.17) is 10.5 Å². The van der Waals surface area contributed by atoms with E-state index in [0.717, 1.165) is 41.6 Å². The van der Waals surface area contributed by atoms with Crippen molar-refractivity contribution in [3.05, 3.63) is 60.3 Å². The molecular formula is C19H20N4O. The molecule has 0 amide bonds. The largest absolute Gasteiger partial charge is 0.383 e. The van der Waals surface area contributed by atoms with Gasteiger partial charge in [0, 0.05) is 17.6 Å². The smallest absolute Gasteiger partial charge is 0.150 e. The van der Waals surface area contributed by atoms with Crippen LogP contribution in [0.3, 0.4) is 0 Å². The molecule has 0 aliphatic carbocycles. The SMILES string of the molecule is NC(=Nc1ccc2c(cnn2C2CCCCO2)c1)c1ccccc1. The number of aliphatic imine (C=N–C) groups is 1. The first-order chi connectivity index (χ1) is 11.8. The number of fused-ring (bicyclic) bond motifs is 1.